The van der Waals surface area contributed by atoms with Gasteiger partial charge >= 0.3 is 0 Å². The van der Waals surface area contributed by atoms with Crippen LogP contribution in [0.15, 0.2) is 273 Å². The van der Waals surface area contributed by atoms with Crippen LogP contribution in [0.5, 0.6) is 0 Å². The SMILES string of the molecule is CC(C)(C)c1ccc(N(c2ccc3c(c2)C(C)(C)c2cc(CC(C)(C)c4ccc(Nc5ccc6c(c5)C(C)(C)c5ccccc5-6)cc4)ccc2-3)c2ccc3cc4c5ccc(N(c6ccc(C(C)(C)C)cc6)c6ccc7c(c6)C(C)(C)c6ccccc6-7)c6c7ccc8ccccc8c7n(c4cc3c2)c56)cc1. The number of aromatic nitrogens is 1. The van der Waals surface area contributed by atoms with Crippen LogP contribution in [0.25, 0.3) is 93.0 Å². The third-order valence-corrected chi connectivity index (χ3v) is 24.7. The van der Waals surface area contributed by atoms with Gasteiger partial charge in [0.1, 0.15) is 0 Å². The van der Waals surface area contributed by atoms with Crippen LogP contribution in [0, 0.1) is 0 Å². The van der Waals surface area contributed by atoms with Crippen LogP contribution in [0.4, 0.5) is 45.5 Å². The van der Waals surface area contributed by atoms with Crippen molar-refractivity contribution in [3.63, 3.8) is 0 Å². The summed E-state index contributed by atoms with van der Waals surface area (Å²) in [6, 6.07) is 105. The fourth-order valence-electron chi connectivity index (χ4n) is 18.9. The first-order chi connectivity index (χ1) is 50.3. The van der Waals surface area contributed by atoms with E-state index in [2.05, 4.69) is 389 Å². The predicted molar refractivity (Wildman–Crippen MR) is 448 cm³/mol. The molecule has 0 aliphatic heterocycles. The zero-order valence-electron chi connectivity index (χ0n) is 63.0. The standard InChI is InChI=1S/C101H90N4/c1-96(2,3)65-32-40-70(41-33-65)103(73-44-49-81-78-46-27-61(53-87(78)101(13,14)90(81)58-73)60-98(7,8)67-30-36-68(37-31-67)102-69-38-48-79-76-23-17-19-25-85(76)99(9,10)88(79)57-69)72-39-28-63-55-84-82-51-52-91(93-83-47-29-62-21-15-16-22-75(62)94(83)105(95(82)93)92(84)56-64(63)54-72)104(71-42-34-66(35-43-71)97(4,5)6)74-45-50-80-77-24-18-20-26-86(77)100(11,12)89(80)59-74/h15-59,102H,60H2,1-14H3. The predicted octanol–water partition coefficient (Wildman–Crippen LogP) is 27.9. The summed E-state index contributed by atoms with van der Waals surface area (Å²) in [6.07, 6.45) is 0.917. The molecule has 105 heavy (non-hydrogen) atoms. The van der Waals surface area contributed by atoms with Crippen LogP contribution >= 0.6 is 0 Å². The Bertz CT molecular complexity index is 6280. The molecule has 0 saturated heterocycles. The Morgan fingerprint density at radius 2 is 0.781 bits per heavy atom. The van der Waals surface area contributed by atoms with Crippen molar-refractivity contribution in [2.45, 2.75) is 136 Å². The number of fused-ring (bicyclic) bond motifs is 18. The second-order valence-corrected chi connectivity index (χ2v) is 34.9. The summed E-state index contributed by atoms with van der Waals surface area (Å²) in [6.45, 7) is 33.0. The molecule has 2 aromatic heterocycles. The van der Waals surface area contributed by atoms with E-state index < -0.39 is 0 Å². The first kappa shape index (κ1) is 64.6. The molecular formula is C101H90N4. The highest BCUT2D eigenvalue weighted by Crippen LogP contribution is 2.56. The van der Waals surface area contributed by atoms with Crippen molar-refractivity contribution in [3.8, 4) is 33.4 Å². The number of hydrogen-bond acceptors (Lipinski definition) is 3. The Morgan fingerprint density at radius 1 is 0.314 bits per heavy atom. The summed E-state index contributed by atoms with van der Waals surface area (Å²) in [7, 11) is 0. The van der Waals surface area contributed by atoms with Gasteiger partial charge in [0, 0.05) is 83.0 Å². The van der Waals surface area contributed by atoms with Gasteiger partial charge in [0.2, 0.25) is 0 Å². The maximum absolute atomic E-state index is 3.76. The summed E-state index contributed by atoms with van der Waals surface area (Å²) in [4.78, 5) is 5.04. The molecule has 0 fully saturated rings. The van der Waals surface area contributed by atoms with E-state index in [0.717, 1.165) is 51.9 Å². The van der Waals surface area contributed by atoms with E-state index in [1.54, 1.807) is 0 Å². The first-order valence-electron chi connectivity index (χ1n) is 37.8. The van der Waals surface area contributed by atoms with E-state index in [9.17, 15) is 0 Å². The van der Waals surface area contributed by atoms with Crippen LogP contribution in [0.2, 0.25) is 0 Å². The molecule has 2 heterocycles. The van der Waals surface area contributed by atoms with Gasteiger partial charge in [-0.25, -0.2) is 0 Å². The van der Waals surface area contributed by atoms with Crippen molar-refractivity contribution < 1.29 is 0 Å². The minimum Gasteiger partial charge on any atom is -0.356 e. The maximum atomic E-state index is 3.76. The van der Waals surface area contributed by atoms with Crippen molar-refractivity contribution in [2.75, 3.05) is 15.1 Å². The normalized spacial score (nSPS) is 14.6. The lowest BCUT2D eigenvalue weighted by Crippen LogP contribution is -2.21. The van der Waals surface area contributed by atoms with E-state index >= 15 is 0 Å². The Kier molecular flexibility index (Phi) is 13.9. The molecule has 1 N–H and O–H groups in total. The summed E-state index contributed by atoms with van der Waals surface area (Å²) in [5.74, 6) is 0. The number of rotatable bonds is 11. The Hall–Kier alpha value is -11.2. The second kappa shape index (κ2) is 22.7. The number of hydrogen-bond donors (Lipinski definition) is 1. The number of benzene rings is 14. The van der Waals surface area contributed by atoms with Crippen LogP contribution in [-0.4, -0.2) is 4.40 Å². The van der Waals surface area contributed by atoms with Crippen LogP contribution < -0.4 is 15.1 Å². The molecule has 0 bridgehead atoms. The van der Waals surface area contributed by atoms with E-state index in [0.29, 0.717) is 0 Å². The first-order valence-corrected chi connectivity index (χ1v) is 37.8. The summed E-state index contributed by atoms with van der Waals surface area (Å²) in [5.41, 5.74) is 33.7. The Morgan fingerprint density at radius 3 is 1.41 bits per heavy atom. The van der Waals surface area contributed by atoms with E-state index in [-0.39, 0.29) is 32.5 Å². The van der Waals surface area contributed by atoms with Gasteiger partial charge in [0.05, 0.1) is 22.2 Å². The minimum absolute atomic E-state index is 0.00160. The van der Waals surface area contributed by atoms with Gasteiger partial charge in [-0.2, -0.15) is 0 Å². The number of nitrogens with one attached hydrogen (secondary N) is 1. The summed E-state index contributed by atoms with van der Waals surface area (Å²) < 4.78 is 2.62. The molecule has 0 saturated carbocycles. The van der Waals surface area contributed by atoms with Crippen molar-refractivity contribution >= 4 is 105 Å². The molecule has 0 amide bonds. The highest BCUT2D eigenvalue weighted by Gasteiger charge is 2.40. The molecule has 0 radical (unpaired) electrons. The molecule has 4 nitrogen and oxygen atoms in total. The highest BCUT2D eigenvalue weighted by molar-refractivity contribution is 6.31. The molecule has 3 aliphatic carbocycles. The summed E-state index contributed by atoms with van der Waals surface area (Å²) >= 11 is 0. The van der Waals surface area contributed by atoms with Crippen LogP contribution in [0.3, 0.4) is 0 Å². The molecular weight excluding hydrogens is 1270 g/mol. The van der Waals surface area contributed by atoms with Gasteiger partial charge in [-0.05, 0) is 231 Å². The smallest absolute Gasteiger partial charge is 0.0641 e. The Labute approximate surface area is 618 Å². The average Bonchev–Trinajstić information content (AvgIpc) is 1.53. The fraction of sp³-hybridized carbons (Fsp3) is 0.208. The lowest BCUT2D eigenvalue weighted by molar-refractivity contribution is 0.521. The van der Waals surface area contributed by atoms with Gasteiger partial charge in [-0.1, -0.05) is 267 Å². The lowest BCUT2D eigenvalue weighted by Gasteiger charge is -2.29. The largest absolute Gasteiger partial charge is 0.356 e. The lowest BCUT2D eigenvalue weighted by atomic mass is 9.77. The topological polar surface area (TPSA) is 22.9 Å². The number of anilines is 8. The van der Waals surface area contributed by atoms with E-state index in [1.165, 1.54) is 149 Å². The Balaban J connectivity index is 0.694. The van der Waals surface area contributed by atoms with Gasteiger partial charge in [-0.15, -0.1) is 0 Å². The van der Waals surface area contributed by atoms with E-state index in [1.807, 2.05) is 0 Å². The monoisotopic (exact) mass is 1360 g/mol. The minimum atomic E-state index is -0.252. The average molecular weight is 1360 g/mol. The fourth-order valence-corrected chi connectivity index (χ4v) is 18.9. The molecule has 16 aromatic rings. The molecule has 0 atom stereocenters. The maximum Gasteiger partial charge on any atom is 0.0641 e. The van der Waals surface area contributed by atoms with Crippen LogP contribution in [-0.2, 0) is 38.9 Å². The van der Waals surface area contributed by atoms with Crippen molar-refractivity contribution in [1.82, 2.24) is 4.40 Å². The van der Waals surface area contributed by atoms with Crippen LogP contribution in [0.1, 0.15) is 153 Å². The molecule has 3 aliphatic rings. The molecule has 514 valence electrons. The third-order valence-electron chi connectivity index (χ3n) is 24.7. The van der Waals surface area contributed by atoms with Gasteiger partial charge in [-0.3, -0.25) is 0 Å². The van der Waals surface area contributed by atoms with Crippen molar-refractivity contribution in [2.24, 2.45) is 0 Å². The highest BCUT2D eigenvalue weighted by atomic mass is 15.2. The molecule has 14 aromatic carbocycles. The zero-order valence-corrected chi connectivity index (χ0v) is 63.0. The van der Waals surface area contributed by atoms with E-state index in [4.69, 9.17) is 0 Å². The molecule has 0 spiro atoms. The van der Waals surface area contributed by atoms with Gasteiger partial charge in [0.25, 0.3) is 0 Å². The summed E-state index contributed by atoms with van der Waals surface area (Å²) in [5, 5.41) is 13.6. The van der Waals surface area contributed by atoms with Crippen molar-refractivity contribution in [3.05, 3.63) is 329 Å². The molecule has 4 heteroatoms. The molecule has 0 unspecified atom stereocenters. The third kappa shape index (κ3) is 9.91. The second-order valence-electron chi connectivity index (χ2n) is 34.9. The van der Waals surface area contributed by atoms with Gasteiger partial charge in [0.15, 0.2) is 0 Å². The number of nitrogens with zero attached hydrogens (tertiary/aromatic N) is 3. The molecule has 19 rings (SSSR count). The zero-order chi connectivity index (χ0) is 72.2. The van der Waals surface area contributed by atoms with Gasteiger partial charge < -0.3 is 19.5 Å². The quantitative estimate of drug-likeness (QED) is 0.140. The van der Waals surface area contributed by atoms with Crippen molar-refractivity contribution in [1.29, 1.82) is 0 Å².